The van der Waals surface area contributed by atoms with Gasteiger partial charge in [0, 0.05) is 18.2 Å². The first-order chi connectivity index (χ1) is 9.49. The fraction of sp³-hybridized carbons (Fsp3) is 0.625. The van der Waals surface area contributed by atoms with Crippen molar-refractivity contribution in [3.63, 3.8) is 0 Å². The van der Waals surface area contributed by atoms with Crippen LogP contribution >= 0.6 is 0 Å². The maximum atomic E-state index is 10.6. The molecule has 0 aliphatic rings. The molecule has 0 spiro atoms. The molecule has 0 bridgehead atoms. The molecule has 0 aliphatic carbocycles. The van der Waals surface area contributed by atoms with Crippen molar-refractivity contribution in [1.29, 1.82) is 0 Å². The number of hydrogen-bond donors (Lipinski definition) is 3. The predicted molar refractivity (Wildman–Crippen MR) is 81.1 cm³/mol. The van der Waals surface area contributed by atoms with E-state index in [4.69, 9.17) is 4.74 Å². The van der Waals surface area contributed by atoms with Gasteiger partial charge in [-0.2, -0.15) is 0 Å². The Morgan fingerprint density at radius 1 is 1.25 bits per heavy atom. The van der Waals surface area contributed by atoms with E-state index in [2.05, 4.69) is 5.32 Å². The Morgan fingerprint density at radius 3 is 2.50 bits per heavy atom. The predicted octanol–water partition coefficient (Wildman–Crippen LogP) is 2.18. The topological polar surface area (TPSA) is 61.7 Å². The monoisotopic (exact) mass is 281 g/mol. The van der Waals surface area contributed by atoms with Gasteiger partial charge in [-0.25, -0.2) is 0 Å². The van der Waals surface area contributed by atoms with Gasteiger partial charge >= 0.3 is 0 Å². The smallest absolute Gasteiger partial charge is 0.125 e. The zero-order valence-electron chi connectivity index (χ0n) is 12.9. The second-order valence-electron chi connectivity index (χ2n) is 5.19. The lowest BCUT2D eigenvalue weighted by Crippen LogP contribution is -2.38. The summed E-state index contributed by atoms with van der Waals surface area (Å²) in [6, 6.07) is 5.73. The lowest BCUT2D eigenvalue weighted by atomic mass is 9.97. The maximum absolute atomic E-state index is 10.6. The van der Waals surface area contributed by atoms with E-state index in [9.17, 15) is 10.2 Å². The van der Waals surface area contributed by atoms with Crippen LogP contribution in [0.4, 0.5) is 0 Å². The minimum absolute atomic E-state index is 0.106. The van der Waals surface area contributed by atoms with Crippen molar-refractivity contribution < 1.29 is 14.9 Å². The van der Waals surface area contributed by atoms with E-state index in [1.54, 1.807) is 6.92 Å². The van der Waals surface area contributed by atoms with Gasteiger partial charge in [-0.1, -0.05) is 18.6 Å². The van der Waals surface area contributed by atoms with Gasteiger partial charge in [0.25, 0.3) is 0 Å². The SMILES string of the molecule is CCOc1ccc(C)cc1C(O)C(CC)NCC(C)O. The molecule has 3 unspecified atom stereocenters. The highest BCUT2D eigenvalue weighted by molar-refractivity contribution is 5.39. The molecule has 4 heteroatoms. The Morgan fingerprint density at radius 2 is 1.95 bits per heavy atom. The Kier molecular flexibility index (Phi) is 6.99. The molecule has 114 valence electrons. The molecule has 0 radical (unpaired) electrons. The normalized spacial score (nSPS) is 15.7. The first kappa shape index (κ1) is 17.0. The Bertz CT molecular complexity index is 407. The summed E-state index contributed by atoms with van der Waals surface area (Å²) < 4.78 is 5.60. The number of aryl methyl sites for hydroxylation is 1. The number of rotatable bonds is 8. The molecule has 1 aromatic rings. The zero-order valence-corrected chi connectivity index (χ0v) is 12.9. The van der Waals surface area contributed by atoms with E-state index in [-0.39, 0.29) is 6.04 Å². The Hall–Kier alpha value is -1.10. The molecule has 0 saturated heterocycles. The summed E-state index contributed by atoms with van der Waals surface area (Å²) in [5.74, 6) is 0.725. The molecule has 20 heavy (non-hydrogen) atoms. The second kappa shape index (κ2) is 8.25. The van der Waals surface area contributed by atoms with Gasteiger partial charge in [-0.05, 0) is 39.3 Å². The first-order valence-corrected chi connectivity index (χ1v) is 7.32. The van der Waals surface area contributed by atoms with Crippen molar-refractivity contribution >= 4 is 0 Å². The van der Waals surface area contributed by atoms with Crippen molar-refractivity contribution in [2.75, 3.05) is 13.2 Å². The lowest BCUT2D eigenvalue weighted by molar-refractivity contribution is 0.109. The number of aliphatic hydroxyl groups excluding tert-OH is 2. The highest BCUT2D eigenvalue weighted by atomic mass is 16.5. The largest absolute Gasteiger partial charge is 0.493 e. The molecule has 0 saturated carbocycles. The Balaban J connectivity index is 2.92. The van der Waals surface area contributed by atoms with Crippen LogP contribution in [0.3, 0.4) is 0 Å². The minimum atomic E-state index is -0.653. The molecular weight excluding hydrogens is 254 g/mol. The molecule has 1 rings (SSSR count). The van der Waals surface area contributed by atoms with Gasteiger partial charge in [-0.3, -0.25) is 0 Å². The number of aliphatic hydroxyl groups is 2. The summed E-state index contributed by atoms with van der Waals surface area (Å²) in [6.45, 7) is 8.70. The summed E-state index contributed by atoms with van der Waals surface area (Å²) >= 11 is 0. The average molecular weight is 281 g/mol. The van der Waals surface area contributed by atoms with Crippen LogP contribution in [0.15, 0.2) is 18.2 Å². The number of hydrogen-bond acceptors (Lipinski definition) is 4. The van der Waals surface area contributed by atoms with Crippen LogP contribution in [-0.4, -0.2) is 35.5 Å². The van der Waals surface area contributed by atoms with Crippen LogP contribution in [0.1, 0.15) is 44.4 Å². The van der Waals surface area contributed by atoms with Crippen molar-refractivity contribution in [2.45, 2.75) is 52.4 Å². The van der Waals surface area contributed by atoms with E-state index in [1.165, 1.54) is 0 Å². The fourth-order valence-corrected chi connectivity index (χ4v) is 2.20. The Labute approximate surface area is 121 Å². The highest BCUT2D eigenvalue weighted by Gasteiger charge is 2.22. The fourth-order valence-electron chi connectivity index (χ4n) is 2.20. The van der Waals surface area contributed by atoms with Crippen LogP contribution < -0.4 is 10.1 Å². The summed E-state index contributed by atoms with van der Waals surface area (Å²) in [5.41, 5.74) is 1.89. The molecule has 0 aliphatic heterocycles. The van der Waals surface area contributed by atoms with E-state index >= 15 is 0 Å². The van der Waals surface area contributed by atoms with E-state index in [0.29, 0.717) is 13.2 Å². The zero-order chi connectivity index (χ0) is 15.1. The van der Waals surface area contributed by atoms with Crippen molar-refractivity contribution in [1.82, 2.24) is 5.32 Å². The highest BCUT2D eigenvalue weighted by Crippen LogP contribution is 2.29. The third-order valence-electron chi connectivity index (χ3n) is 3.28. The van der Waals surface area contributed by atoms with Gasteiger partial charge in [0.1, 0.15) is 5.75 Å². The van der Waals surface area contributed by atoms with Crippen molar-refractivity contribution in [3.05, 3.63) is 29.3 Å². The van der Waals surface area contributed by atoms with Crippen LogP contribution in [0, 0.1) is 6.92 Å². The third-order valence-corrected chi connectivity index (χ3v) is 3.28. The number of nitrogens with one attached hydrogen (secondary N) is 1. The van der Waals surface area contributed by atoms with Crippen LogP contribution in [0.25, 0.3) is 0 Å². The molecule has 1 aromatic carbocycles. The van der Waals surface area contributed by atoms with E-state index in [1.807, 2.05) is 39.0 Å². The van der Waals surface area contributed by atoms with E-state index in [0.717, 1.165) is 23.3 Å². The lowest BCUT2D eigenvalue weighted by Gasteiger charge is -2.26. The summed E-state index contributed by atoms with van der Waals surface area (Å²) in [6.07, 6.45) is -0.312. The van der Waals surface area contributed by atoms with Gasteiger partial charge in [0.05, 0.1) is 18.8 Å². The molecule has 4 nitrogen and oxygen atoms in total. The molecule has 0 fully saturated rings. The van der Waals surface area contributed by atoms with Crippen molar-refractivity contribution in [2.24, 2.45) is 0 Å². The second-order valence-corrected chi connectivity index (χ2v) is 5.19. The van der Waals surface area contributed by atoms with Crippen LogP contribution in [-0.2, 0) is 0 Å². The number of ether oxygens (including phenoxy) is 1. The molecule has 0 aromatic heterocycles. The van der Waals surface area contributed by atoms with Gasteiger partial charge in [-0.15, -0.1) is 0 Å². The summed E-state index contributed by atoms with van der Waals surface area (Å²) in [4.78, 5) is 0. The summed E-state index contributed by atoms with van der Waals surface area (Å²) in [7, 11) is 0. The van der Waals surface area contributed by atoms with Crippen LogP contribution in [0.5, 0.6) is 5.75 Å². The quantitative estimate of drug-likeness (QED) is 0.683. The molecule has 0 heterocycles. The minimum Gasteiger partial charge on any atom is -0.493 e. The molecule has 3 N–H and O–H groups in total. The third kappa shape index (κ3) is 4.78. The molecule has 0 amide bonds. The first-order valence-electron chi connectivity index (χ1n) is 7.32. The van der Waals surface area contributed by atoms with Gasteiger partial charge in [0.2, 0.25) is 0 Å². The number of benzene rings is 1. The van der Waals surface area contributed by atoms with Gasteiger partial charge in [0.15, 0.2) is 0 Å². The average Bonchev–Trinajstić information content (AvgIpc) is 2.41. The maximum Gasteiger partial charge on any atom is 0.125 e. The van der Waals surface area contributed by atoms with Crippen LogP contribution in [0.2, 0.25) is 0 Å². The van der Waals surface area contributed by atoms with Gasteiger partial charge < -0.3 is 20.3 Å². The van der Waals surface area contributed by atoms with Crippen molar-refractivity contribution in [3.8, 4) is 5.75 Å². The molecular formula is C16H27NO3. The van der Waals surface area contributed by atoms with E-state index < -0.39 is 12.2 Å². The molecule has 3 atom stereocenters. The summed E-state index contributed by atoms with van der Waals surface area (Å²) in [5, 5.41) is 23.2. The standard InChI is InChI=1S/C16H27NO3/c1-5-14(17-10-12(4)18)16(19)13-9-11(3)7-8-15(13)20-6-2/h7-9,12,14,16-19H,5-6,10H2,1-4H3.